The molecule has 0 radical (unpaired) electrons. The lowest BCUT2D eigenvalue weighted by atomic mass is 9.88. The minimum absolute atomic E-state index is 0.158. The fraction of sp³-hybridized carbons (Fsp3) is 0.636. The van der Waals surface area contributed by atoms with E-state index in [9.17, 15) is 9.59 Å². The molecule has 3 unspecified atom stereocenters. The fourth-order valence-corrected chi connectivity index (χ4v) is 2.61. The smallest absolute Gasteiger partial charge is 0.333 e. The molecule has 0 N–H and O–H groups in total. The van der Waals surface area contributed by atoms with Crippen molar-refractivity contribution in [2.45, 2.75) is 37.8 Å². The molecule has 3 rings (SSSR count). The average molecular weight is 224 g/mol. The molecule has 2 bridgehead atoms. The molecular formula is C11H12O5. The van der Waals surface area contributed by atoms with Gasteiger partial charge in [-0.1, -0.05) is 6.58 Å². The third-order valence-electron chi connectivity index (χ3n) is 3.38. The lowest BCUT2D eigenvalue weighted by molar-refractivity contribution is -0.157. The van der Waals surface area contributed by atoms with E-state index in [1.54, 1.807) is 6.92 Å². The Morgan fingerprint density at radius 1 is 1.50 bits per heavy atom. The van der Waals surface area contributed by atoms with Crippen molar-refractivity contribution in [3.05, 3.63) is 12.2 Å². The van der Waals surface area contributed by atoms with Gasteiger partial charge in [0.05, 0.1) is 12.0 Å². The lowest BCUT2D eigenvalue weighted by Crippen LogP contribution is -2.40. The van der Waals surface area contributed by atoms with Crippen LogP contribution in [0.25, 0.3) is 0 Å². The van der Waals surface area contributed by atoms with Gasteiger partial charge in [-0.3, -0.25) is 4.79 Å². The first-order valence-electron chi connectivity index (χ1n) is 5.30. The third kappa shape index (κ3) is 1.15. The van der Waals surface area contributed by atoms with E-state index in [0.29, 0.717) is 12.0 Å². The van der Waals surface area contributed by atoms with Crippen LogP contribution in [-0.2, 0) is 23.8 Å². The van der Waals surface area contributed by atoms with Crippen molar-refractivity contribution >= 4 is 11.9 Å². The van der Waals surface area contributed by atoms with Crippen molar-refractivity contribution in [3.8, 4) is 0 Å². The van der Waals surface area contributed by atoms with Gasteiger partial charge in [0.2, 0.25) is 0 Å². The zero-order valence-electron chi connectivity index (χ0n) is 8.84. The second-order valence-electron chi connectivity index (χ2n) is 4.53. The molecule has 3 fully saturated rings. The maximum absolute atomic E-state index is 11.4. The van der Waals surface area contributed by atoms with Gasteiger partial charge in [-0.2, -0.15) is 0 Å². The molecule has 5 atom stereocenters. The van der Waals surface area contributed by atoms with E-state index in [0.717, 1.165) is 0 Å². The largest absolute Gasteiger partial charge is 0.455 e. The summed E-state index contributed by atoms with van der Waals surface area (Å²) in [6.07, 6.45) is -0.708. The Morgan fingerprint density at radius 3 is 2.94 bits per heavy atom. The van der Waals surface area contributed by atoms with Gasteiger partial charge in [-0.05, 0) is 13.3 Å². The number of carbonyl (C=O) groups is 2. The first-order valence-corrected chi connectivity index (χ1v) is 5.30. The Labute approximate surface area is 92.3 Å². The summed E-state index contributed by atoms with van der Waals surface area (Å²) in [5.74, 6) is -0.846. The first kappa shape index (κ1) is 9.84. The summed E-state index contributed by atoms with van der Waals surface area (Å²) < 4.78 is 16.0. The highest BCUT2D eigenvalue weighted by Crippen LogP contribution is 2.47. The minimum Gasteiger partial charge on any atom is -0.455 e. The van der Waals surface area contributed by atoms with Crippen LogP contribution in [0, 0.1) is 5.92 Å². The fourth-order valence-electron chi connectivity index (χ4n) is 2.61. The van der Waals surface area contributed by atoms with Crippen LogP contribution in [0.4, 0.5) is 0 Å². The van der Waals surface area contributed by atoms with Gasteiger partial charge < -0.3 is 14.2 Å². The topological polar surface area (TPSA) is 61.8 Å². The van der Waals surface area contributed by atoms with Crippen molar-refractivity contribution in [1.29, 1.82) is 0 Å². The number of ether oxygens (including phenoxy) is 3. The van der Waals surface area contributed by atoms with Gasteiger partial charge in [-0.25, -0.2) is 4.79 Å². The number of hydrogen-bond acceptors (Lipinski definition) is 5. The quantitative estimate of drug-likeness (QED) is 0.495. The summed E-state index contributed by atoms with van der Waals surface area (Å²) in [4.78, 5) is 22.8. The maximum atomic E-state index is 11.4. The van der Waals surface area contributed by atoms with Gasteiger partial charge in [0.1, 0.15) is 6.10 Å². The zero-order chi connectivity index (χ0) is 11.4. The zero-order valence-corrected chi connectivity index (χ0v) is 8.84. The first-order chi connectivity index (χ1) is 7.58. The molecule has 0 aromatic rings. The molecule has 0 aromatic carbocycles. The van der Waals surface area contributed by atoms with E-state index in [2.05, 4.69) is 6.58 Å². The van der Waals surface area contributed by atoms with E-state index < -0.39 is 18.2 Å². The minimum atomic E-state index is -0.461. The van der Waals surface area contributed by atoms with E-state index in [1.807, 2.05) is 0 Å². The van der Waals surface area contributed by atoms with Crippen molar-refractivity contribution in [1.82, 2.24) is 0 Å². The van der Waals surface area contributed by atoms with Crippen LogP contribution in [0.1, 0.15) is 13.3 Å². The third-order valence-corrected chi connectivity index (χ3v) is 3.38. The van der Waals surface area contributed by atoms with Crippen LogP contribution >= 0.6 is 0 Å². The van der Waals surface area contributed by atoms with Crippen LogP contribution in [-0.4, -0.2) is 36.4 Å². The summed E-state index contributed by atoms with van der Waals surface area (Å²) >= 11 is 0. The molecule has 16 heavy (non-hydrogen) atoms. The van der Waals surface area contributed by atoms with E-state index in [1.165, 1.54) is 0 Å². The van der Waals surface area contributed by atoms with Crippen LogP contribution in [0.2, 0.25) is 0 Å². The highest BCUT2D eigenvalue weighted by molar-refractivity contribution is 5.87. The van der Waals surface area contributed by atoms with Crippen molar-refractivity contribution in [3.63, 3.8) is 0 Å². The Kier molecular flexibility index (Phi) is 1.89. The number of esters is 2. The van der Waals surface area contributed by atoms with Crippen molar-refractivity contribution in [2.24, 2.45) is 5.92 Å². The summed E-state index contributed by atoms with van der Waals surface area (Å²) in [5.41, 5.74) is 0.337. The maximum Gasteiger partial charge on any atom is 0.333 e. The number of rotatable bonds is 2. The molecule has 3 aliphatic rings. The molecule has 5 heteroatoms. The van der Waals surface area contributed by atoms with Gasteiger partial charge >= 0.3 is 11.9 Å². The van der Waals surface area contributed by atoms with Gasteiger partial charge in [0.15, 0.2) is 12.2 Å². The summed E-state index contributed by atoms with van der Waals surface area (Å²) in [6.45, 7) is 5.10. The number of fused-ring (bicyclic) bond motifs is 1. The van der Waals surface area contributed by atoms with Gasteiger partial charge in [0.25, 0.3) is 0 Å². The molecule has 86 valence electrons. The molecule has 0 aliphatic carbocycles. The van der Waals surface area contributed by atoms with E-state index in [4.69, 9.17) is 14.2 Å². The normalized spacial score (nSPS) is 43.3. The summed E-state index contributed by atoms with van der Waals surface area (Å²) in [7, 11) is 0. The Hall–Kier alpha value is -1.36. The molecule has 3 aliphatic heterocycles. The highest BCUT2D eigenvalue weighted by atomic mass is 16.7. The SMILES string of the molecule is C=C(C)C(=O)OC1C2OC(=O)[C@@H]3C[C@H]1OC23. The van der Waals surface area contributed by atoms with Crippen LogP contribution in [0.3, 0.4) is 0 Å². The van der Waals surface area contributed by atoms with Crippen molar-refractivity contribution < 1.29 is 23.8 Å². The molecule has 5 nitrogen and oxygen atoms in total. The molecule has 3 saturated heterocycles. The van der Waals surface area contributed by atoms with E-state index >= 15 is 0 Å². The number of hydrogen-bond donors (Lipinski definition) is 0. The van der Waals surface area contributed by atoms with Crippen LogP contribution < -0.4 is 0 Å². The second-order valence-corrected chi connectivity index (χ2v) is 4.53. The molecular weight excluding hydrogens is 212 g/mol. The highest BCUT2D eigenvalue weighted by Gasteiger charge is 2.65. The Morgan fingerprint density at radius 2 is 2.25 bits per heavy atom. The predicted octanol–water partition coefficient (Wildman–Crippen LogP) is 0.187. The monoisotopic (exact) mass is 224 g/mol. The molecule has 0 amide bonds. The molecule has 0 spiro atoms. The van der Waals surface area contributed by atoms with E-state index in [-0.39, 0.29) is 24.1 Å². The van der Waals surface area contributed by atoms with Gasteiger partial charge in [-0.15, -0.1) is 0 Å². The molecule has 0 saturated carbocycles. The van der Waals surface area contributed by atoms with Crippen LogP contribution in [0.5, 0.6) is 0 Å². The molecule has 0 aromatic heterocycles. The lowest BCUT2D eigenvalue weighted by Gasteiger charge is -2.22. The average Bonchev–Trinajstić information content (AvgIpc) is 2.81. The predicted molar refractivity (Wildman–Crippen MR) is 51.3 cm³/mol. The summed E-state index contributed by atoms with van der Waals surface area (Å²) in [6, 6.07) is 0. The standard InChI is InChI=1S/C11H12O5/c1-4(2)10(12)15-8-6-3-5-7(14-6)9(8)16-11(5)13/h5-9H,1,3H2,2H3/t5-,6-,7?,8?,9?/m1/s1. The Balaban J connectivity index is 1.77. The van der Waals surface area contributed by atoms with Crippen LogP contribution in [0.15, 0.2) is 12.2 Å². The van der Waals surface area contributed by atoms with Gasteiger partial charge in [0, 0.05) is 5.57 Å². The second kappa shape index (κ2) is 3.07. The van der Waals surface area contributed by atoms with Crippen molar-refractivity contribution in [2.75, 3.05) is 0 Å². The molecule has 3 heterocycles. The summed E-state index contributed by atoms with van der Waals surface area (Å²) in [5, 5.41) is 0. The number of carbonyl (C=O) groups excluding carboxylic acids is 2. The Bertz CT molecular complexity index is 388.